The highest BCUT2D eigenvalue weighted by Crippen LogP contribution is 2.28. The van der Waals surface area contributed by atoms with Crippen molar-refractivity contribution in [3.05, 3.63) is 89.5 Å². The minimum Gasteiger partial charge on any atom is -0.495 e. The molecular weight excluding hydrogens is 454 g/mol. The zero-order chi connectivity index (χ0) is 25.2. The molecule has 0 unspecified atom stereocenters. The van der Waals surface area contributed by atoms with Gasteiger partial charge >= 0.3 is 0 Å². The molecule has 0 aliphatic carbocycles. The van der Waals surface area contributed by atoms with E-state index in [4.69, 9.17) is 14.7 Å². The summed E-state index contributed by atoms with van der Waals surface area (Å²) in [6.07, 6.45) is 1.56. The van der Waals surface area contributed by atoms with Gasteiger partial charge in [0, 0.05) is 38.3 Å². The van der Waals surface area contributed by atoms with Crippen molar-refractivity contribution >= 4 is 17.8 Å². The highest BCUT2D eigenvalue weighted by atomic mass is 16.5. The van der Waals surface area contributed by atoms with Gasteiger partial charge in [-0.3, -0.25) is 9.69 Å². The molecule has 0 spiro atoms. The van der Waals surface area contributed by atoms with Crippen LogP contribution in [0, 0.1) is 11.3 Å². The molecule has 4 rings (SSSR count). The Hall–Kier alpha value is -4.35. The summed E-state index contributed by atoms with van der Waals surface area (Å²) in [6, 6.07) is 24.8. The van der Waals surface area contributed by atoms with Gasteiger partial charge in [0.2, 0.25) is 0 Å². The van der Waals surface area contributed by atoms with Crippen molar-refractivity contribution in [2.45, 2.75) is 6.54 Å². The van der Waals surface area contributed by atoms with Gasteiger partial charge in [0.1, 0.15) is 17.6 Å². The van der Waals surface area contributed by atoms with E-state index in [-0.39, 0.29) is 12.5 Å². The zero-order valence-electron chi connectivity index (χ0n) is 20.3. The lowest BCUT2D eigenvalue weighted by Crippen LogP contribution is -2.46. The highest BCUT2D eigenvalue weighted by molar-refractivity contribution is 5.94. The first-order chi connectivity index (χ1) is 17.7. The molecule has 8 nitrogen and oxygen atoms in total. The number of amides is 1. The van der Waals surface area contributed by atoms with E-state index in [0.717, 1.165) is 49.7 Å². The molecule has 1 saturated heterocycles. The van der Waals surface area contributed by atoms with Crippen molar-refractivity contribution in [1.29, 1.82) is 5.26 Å². The van der Waals surface area contributed by atoms with E-state index in [2.05, 4.69) is 26.4 Å². The number of ether oxygens (including phenoxy) is 2. The second-order valence-electron chi connectivity index (χ2n) is 8.35. The molecule has 1 heterocycles. The number of para-hydroxylation sites is 2. The molecule has 3 aromatic rings. The summed E-state index contributed by atoms with van der Waals surface area (Å²) in [6.45, 7) is 4.64. The summed E-state index contributed by atoms with van der Waals surface area (Å²) in [4.78, 5) is 17.2. The summed E-state index contributed by atoms with van der Waals surface area (Å²) in [7, 11) is 1.71. The van der Waals surface area contributed by atoms with E-state index in [1.165, 1.54) is 5.56 Å². The molecule has 0 atom stereocenters. The van der Waals surface area contributed by atoms with Gasteiger partial charge < -0.3 is 14.4 Å². The Labute approximate surface area is 211 Å². The molecular formula is C28H29N5O3. The van der Waals surface area contributed by atoms with Gasteiger partial charge in [-0.2, -0.15) is 10.4 Å². The van der Waals surface area contributed by atoms with Crippen molar-refractivity contribution in [3.63, 3.8) is 0 Å². The molecule has 36 heavy (non-hydrogen) atoms. The number of nitrogens with zero attached hydrogens (tertiary/aromatic N) is 4. The molecule has 8 heteroatoms. The number of rotatable bonds is 9. The number of piperazine rings is 1. The first-order valence-corrected chi connectivity index (χ1v) is 11.8. The first kappa shape index (κ1) is 24.8. The number of carbonyl (C=O) groups excluding carboxylic acids is 1. The quantitative estimate of drug-likeness (QED) is 0.369. The average molecular weight is 484 g/mol. The zero-order valence-corrected chi connectivity index (χ0v) is 20.3. The van der Waals surface area contributed by atoms with Crippen LogP contribution in [0.25, 0.3) is 0 Å². The van der Waals surface area contributed by atoms with Gasteiger partial charge in [0.05, 0.1) is 19.0 Å². The number of hydrogen-bond acceptors (Lipinski definition) is 7. The maximum atomic E-state index is 12.4. The molecule has 0 saturated carbocycles. The number of benzene rings is 3. The molecule has 1 aliphatic heterocycles. The maximum Gasteiger partial charge on any atom is 0.271 e. The third-order valence-electron chi connectivity index (χ3n) is 5.98. The second-order valence-corrected chi connectivity index (χ2v) is 8.35. The molecule has 1 amide bonds. The Morgan fingerprint density at radius 1 is 1.03 bits per heavy atom. The number of hydrazone groups is 1. The normalized spacial score (nSPS) is 13.8. The Morgan fingerprint density at radius 2 is 1.75 bits per heavy atom. The topological polar surface area (TPSA) is 90.2 Å². The van der Waals surface area contributed by atoms with Crippen LogP contribution in [0.4, 0.5) is 5.69 Å². The Kier molecular flexibility index (Phi) is 8.52. The van der Waals surface area contributed by atoms with Gasteiger partial charge in [-0.25, -0.2) is 5.43 Å². The van der Waals surface area contributed by atoms with Crippen LogP contribution < -0.4 is 19.8 Å². The SMILES string of the molecule is COc1ccccc1N1CCN(Cc2ccc(C(=O)N/N=C\c3ccc(OCC#N)cc3)cc2)CC1. The number of nitriles is 1. The van der Waals surface area contributed by atoms with Gasteiger partial charge in [-0.1, -0.05) is 24.3 Å². The fraction of sp³-hybridized carbons (Fsp3) is 0.250. The summed E-state index contributed by atoms with van der Waals surface area (Å²) in [5.41, 5.74) is 6.22. The molecule has 3 aromatic carbocycles. The summed E-state index contributed by atoms with van der Waals surface area (Å²) >= 11 is 0. The van der Waals surface area contributed by atoms with Crippen LogP contribution in [-0.2, 0) is 6.54 Å². The van der Waals surface area contributed by atoms with Crippen molar-refractivity contribution in [3.8, 4) is 17.6 Å². The minimum atomic E-state index is -0.266. The smallest absolute Gasteiger partial charge is 0.271 e. The number of hydrogen-bond donors (Lipinski definition) is 1. The van der Waals surface area contributed by atoms with Crippen LogP contribution >= 0.6 is 0 Å². The fourth-order valence-corrected chi connectivity index (χ4v) is 4.05. The number of nitrogens with one attached hydrogen (secondary N) is 1. The van der Waals surface area contributed by atoms with Crippen molar-refractivity contribution < 1.29 is 14.3 Å². The number of carbonyl (C=O) groups is 1. The average Bonchev–Trinajstić information content (AvgIpc) is 2.93. The largest absolute Gasteiger partial charge is 0.495 e. The molecule has 1 aliphatic rings. The van der Waals surface area contributed by atoms with Crippen molar-refractivity contribution in [2.75, 3.05) is 44.8 Å². The summed E-state index contributed by atoms with van der Waals surface area (Å²) in [5.74, 6) is 1.25. The monoisotopic (exact) mass is 483 g/mol. The number of methoxy groups -OCH3 is 1. The van der Waals surface area contributed by atoms with Gasteiger partial charge in [-0.05, 0) is 59.7 Å². The maximum absolute atomic E-state index is 12.4. The van der Waals surface area contributed by atoms with Gasteiger partial charge in [0.25, 0.3) is 5.91 Å². The van der Waals surface area contributed by atoms with Crippen LogP contribution in [0.3, 0.4) is 0 Å². The molecule has 184 valence electrons. The Morgan fingerprint density at radius 3 is 2.44 bits per heavy atom. The van der Waals surface area contributed by atoms with Gasteiger partial charge in [-0.15, -0.1) is 0 Å². The van der Waals surface area contributed by atoms with Crippen LogP contribution in [-0.4, -0.2) is 56.9 Å². The lowest BCUT2D eigenvalue weighted by molar-refractivity contribution is 0.0955. The first-order valence-electron chi connectivity index (χ1n) is 11.8. The standard InChI is InChI=1S/C28H29N5O3/c1-35-27-5-3-2-4-26(27)33-17-15-32(16-18-33)21-23-6-10-24(11-7-23)28(34)31-30-20-22-8-12-25(13-9-22)36-19-14-29/h2-13,20H,15-19,21H2,1H3,(H,31,34)/b30-20-. The molecule has 0 aromatic heterocycles. The highest BCUT2D eigenvalue weighted by Gasteiger charge is 2.19. The van der Waals surface area contributed by atoms with Crippen LogP contribution in [0.1, 0.15) is 21.5 Å². The lowest BCUT2D eigenvalue weighted by atomic mass is 10.1. The third-order valence-corrected chi connectivity index (χ3v) is 5.98. The van der Waals surface area contributed by atoms with E-state index in [1.54, 1.807) is 37.6 Å². The Balaban J connectivity index is 1.24. The van der Waals surface area contributed by atoms with E-state index < -0.39 is 0 Å². The van der Waals surface area contributed by atoms with Gasteiger partial charge in [0.15, 0.2) is 6.61 Å². The molecule has 1 fully saturated rings. The summed E-state index contributed by atoms with van der Waals surface area (Å²) < 4.78 is 10.7. The predicted octanol–water partition coefficient (Wildman–Crippen LogP) is 3.68. The van der Waals surface area contributed by atoms with E-state index in [0.29, 0.717) is 11.3 Å². The van der Waals surface area contributed by atoms with Crippen molar-refractivity contribution in [2.24, 2.45) is 5.10 Å². The second kappa shape index (κ2) is 12.4. The molecule has 0 bridgehead atoms. The Bertz CT molecular complexity index is 1210. The third kappa shape index (κ3) is 6.62. The summed E-state index contributed by atoms with van der Waals surface area (Å²) in [5, 5.41) is 12.6. The predicted molar refractivity (Wildman–Crippen MR) is 140 cm³/mol. The fourth-order valence-electron chi connectivity index (χ4n) is 4.05. The van der Waals surface area contributed by atoms with E-state index >= 15 is 0 Å². The van der Waals surface area contributed by atoms with E-state index in [1.807, 2.05) is 48.5 Å². The van der Waals surface area contributed by atoms with Crippen molar-refractivity contribution in [1.82, 2.24) is 10.3 Å². The number of anilines is 1. The van der Waals surface area contributed by atoms with Crippen LogP contribution in [0.15, 0.2) is 77.9 Å². The molecule has 0 radical (unpaired) electrons. The van der Waals surface area contributed by atoms with Crippen LogP contribution in [0.5, 0.6) is 11.5 Å². The minimum absolute atomic E-state index is 0.00280. The lowest BCUT2D eigenvalue weighted by Gasteiger charge is -2.36. The molecule has 1 N–H and O–H groups in total. The van der Waals surface area contributed by atoms with Crippen LogP contribution in [0.2, 0.25) is 0 Å². The van der Waals surface area contributed by atoms with E-state index in [9.17, 15) is 4.79 Å².